The normalized spacial score (nSPS) is 16.3. The summed E-state index contributed by atoms with van der Waals surface area (Å²) in [6, 6.07) is 2.09. The number of hydrogen-bond acceptors (Lipinski definition) is 5. The maximum atomic E-state index is 12.4. The summed E-state index contributed by atoms with van der Waals surface area (Å²) < 4.78 is 0. The average Bonchev–Trinajstić information content (AvgIpc) is 3.00. The lowest BCUT2D eigenvalue weighted by Crippen LogP contribution is -2.45. The van der Waals surface area contributed by atoms with Gasteiger partial charge in [-0.3, -0.25) is 4.79 Å². The molecule has 1 aliphatic carbocycles. The molecule has 0 atom stereocenters. The first-order chi connectivity index (χ1) is 12.2. The third-order valence-electron chi connectivity index (χ3n) is 4.61. The van der Waals surface area contributed by atoms with E-state index in [1.165, 1.54) is 5.56 Å². The minimum absolute atomic E-state index is 0.0279. The van der Waals surface area contributed by atoms with Gasteiger partial charge in [-0.1, -0.05) is 0 Å². The van der Waals surface area contributed by atoms with Crippen molar-refractivity contribution in [3.05, 3.63) is 35.3 Å². The molecule has 1 amide bonds. The summed E-state index contributed by atoms with van der Waals surface area (Å²) in [6.07, 6.45) is 6.99. The van der Waals surface area contributed by atoms with Gasteiger partial charge in [0.2, 0.25) is 5.91 Å². The van der Waals surface area contributed by atoms with Crippen LogP contribution in [0.3, 0.4) is 0 Å². The molecule has 140 valence electrons. The van der Waals surface area contributed by atoms with Gasteiger partial charge in [0.05, 0.1) is 6.54 Å². The van der Waals surface area contributed by atoms with E-state index in [-0.39, 0.29) is 11.4 Å². The van der Waals surface area contributed by atoms with Crippen LogP contribution in [0.2, 0.25) is 0 Å². The van der Waals surface area contributed by atoms with Crippen LogP contribution in [0.4, 0.5) is 5.69 Å². The lowest BCUT2D eigenvalue weighted by atomic mass is 10.1. The fourth-order valence-electron chi connectivity index (χ4n) is 3.51. The summed E-state index contributed by atoms with van der Waals surface area (Å²) in [6.45, 7) is 7.15. The van der Waals surface area contributed by atoms with Crippen molar-refractivity contribution in [3.8, 4) is 0 Å². The first-order valence-corrected chi connectivity index (χ1v) is 9.24. The van der Waals surface area contributed by atoms with Gasteiger partial charge in [-0.15, -0.1) is 0 Å². The molecule has 0 bridgehead atoms. The zero-order valence-electron chi connectivity index (χ0n) is 16.5. The van der Waals surface area contributed by atoms with Crippen LogP contribution in [0.5, 0.6) is 0 Å². The molecular formula is C20H29N5O. The molecule has 0 fully saturated rings. The van der Waals surface area contributed by atoms with Crippen molar-refractivity contribution in [2.45, 2.75) is 45.6 Å². The van der Waals surface area contributed by atoms with Gasteiger partial charge in [0.1, 0.15) is 5.69 Å². The molecule has 0 radical (unpaired) electrons. The van der Waals surface area contributed by atoms with E-state index in [0.29, 0.717) is 6.54 Å². The van der Waals surface area contributed by atoms with Gasteiger partial charge < -0.3 is 15.1 Å². The maximum Gasteiger partial charge on any atom is 0.239 e. The van der Waals surface area contributed by atoms with Gasteiger partial charge in [0.15, 0.2) is 5.84 Å². The number of carbonyl (C=O) groups excluding carboxylic acids is 1. The molecule has 2 heterocycles. The van der Waals surface area contributed by atoms with Crippen molar-refractivity contribution < 1.29 is 4.79 Å². The highest BCUT2D eigenvalue weighted by molar-refractivity contribution is 5.99. The van der Waals surface area contributed by atoms with Crippen molar-refractivity contribution in [2.75, 3.05) is 32.1 Å². The van der Waals surface area contributed by atoms with Gasteiger partial charge >= 0.3 is 0 Å². The Bertz CT molecular complexity index is 760. The Morgan fingerprint density at radius 1 is 1.35 bits per heavy atom. The molecule has 0 unspecified atom stereocenters. The highest BCUT2D eigenvalue weighted by atomic mass is 16.2. The molecule has 0 saturated carbocycles. The number of nitrogens with one attached hydrogen (secondary N) is 1. The number of amides is 1. The number of carbonyl (C=O) groups is 1. The first kappa shape index (κ1) is 18.4. The van der Waals surface area contributed by atoms with Crippen molar-refractivity contribution >= 4 is 17.4 Å². The van der Waals surface area contributed by atoms with Crippen molar-refractivity contribution in [1.29, 1.82) is 0 Å². The highest BCUT2D eigenvalue weighted by Crippen LogP contribution is 2.31. The standard InChI is InChI=1S/C20H29N5O/c1-20(2,3)23-18(26)13-25(5)17-12-16(19-21-10-7-11-24(19)4)22-15-9-6-8-14(15)17/h7,10,12H,6,8-9,11,13H2,1-5H3,(H,23,26). The fraction of sp³-hybridized carbons (Fsp3) is 0.550. The number of likely N-dealkylation sites (N-methyl/N-ethyl adjacent to an activating group) is 2. The Morgan fingerprint density at radius 3 is 2.81 bits per heavy atom. The number of amidine groups is 1. The number of aryl methyl sites for hydroxylation is 1. The molecule has 26 heavy (non-hydrogen) atoms. The van der Waals surface area contributed by atoms with Crippen LogP contribution in [0.15, 0.2) is 23.3 Å². The molecule has 0 aromatic carbocycles. The van der Waals surface area contributed by atoms with Gasteiger partial charge in [0.25, 0.3) is 0 Å². The molecule has 0 saturated heterocycles. The quantitative estimate of drug-likeness (QED) is 0.899. The highest BCUT2D eigenvalue weighted by Gasteiger charge is 2.24. The minimum atomic E-state index is -0.227. The zero-order chi connectivity index (χ0) is 18.9. The van der Waals surface area contributed by atoms with E-state index in [9.17, 15) is 4.79 Å². The zero-order valence-corrected chi connectivity index (χ0v) is 16.5. The minimum Gasteiger partial charge on any atom is -0.365 e. The van der Waals surface area contributed by atoms with Crippen LogP contribution in [0, 0.1) is 0 Å². The monoisotopic (exact) mass is 355 g/mol. The maximum absolute atomic E-state index is 12.4. The van der Waals surface area contributed by atoms with Gasteiger partial charge in [0, 0.05) is 43.8 Å². The molecule has 1 aliphatic heterocycles. The van der Waals surface area contributed by atoms with E-state index in [1.54, 1.807) is 0 Å². The van der Waals surface area contributed by atoms with Crippen LogP contribution in [0.25, 0.3) is 0 Å². The second-order valence-electron chi connectivity index (χ2n) is 8.18. The number of hydrogen-bond donors (Lipinski definition) is 1. The topological polar surface area (TPSA) is 60.8 Å². The molecular weight excluding hydrogens is 326 g/mol. The molecule has 6 heteroatoms. The number of anilines is 1. The lowest BCUT2D eigenvalue weighted by molar-refractivity contribution is -0.121. The largest absolute Gasteiger partial charge is 0.365 e. The van der Waals surface area contributed by atoms with Gasteiger partial charge in [-0.2, -0.15) is 0 Å². The van der Waals surface area contributed by atoms with E-state index < -0.39 is 0 Å². The van der Waals surface area contributed by atoms with E-state index in [1.807, 2.05) is 52.0 Å². The van der Waals surface area contributed by atoms with Crippen LogP contribution in [-0.2, 0) is 17.6 Å². The third kappa shape index (κ3) is 4.06. The Balaban J connectivity index is 1.90. The smallest absolute Gasteiger partial charge is 0.239 e. The van der Waals surface area contributed by atoms with Crippen molar-refractivity contribution in [3.63, 3.8) is 0 Å². The second kappa shape index (κ2) is 7.09. The van der Waals surface area contributed by atoms with Crippen molar-refractivity contribution in [1.82, 2.24) is 15.2 Å². The lowest BCUT2D eigenvalue weighted by Gasteiger charge is -2.27. The fourth-order valence-corrected chi connectivity index (χ4v) is 3.51. The van der Waals surface area contributed by atoms with Crippen LogP contribution < -0.4 is 10.2 Å². The second-order valence-corrected chi connectivity index (χ2v) is 8.18. The molecule has 2 aliphatic rings. The molecule has 6 nitrogen and oxygen atoms in total. The van der Waals surface area contributed by atoms with E-state index in [4.69, 9.17) is 4.98 Å². The molecule has 0 spiro atoms. The number of aromatic nitrogens is 1. The summed E-state index contributed by atoms with van der Waals surface area (Å²) in [4.78, 5) is 25.9. The van der Waals surface area contributed by atoms with Crippen LogP contribution in [-0.4, -0.2) is 54.4 Å². The Kier molecular flexibility index (Phi) is 5.03. The predicted octanol–water partition coefficient (Wildman–Crippen LogP) is 2.13. The SMILES string of the molecule is CN1CC=CN=C1c1cc(N(C)CC(=O)NC(C)(C)C)c2c(n1)CCC2. The van der Waals surface area contributed by atoms with E-state index in [2.05, 4.69) is 21.3 Å². The summed E-state index contributed by atoms with van der Waals surface area (Å²) in [5.41, 5.74) is 4.17. The molecule has 1 aromatic heterocycles. The Labute approximate surface area is 156 Å². The Hall–Kier alpha value is -2.37. The van der Waals surface area contributed by atoms with Crippen molar-refractivity contribution in [2.24, 2.45) is 4.99 Å². The number of pyridine rings is 1. The molecule has 1 N–H and O–H groups in total. The van der Waals surface area contributed by atoms with Crippen LogP contribution >= 0.6 is 0 Å². The summed E-state index contributed by atoms with van der Waals surface area (Å²) in [5, 5.41) is 3.04. The van der Waals surface area contributed by atoms with Gasteiger partial charge in [-0.25, -0.2) is 9.98 Å². The summed E-state index contributed by atoms with van der Waals surface area (Å²) in [5.74, 6) is 0.913. The average molecular weight is 355 g/mol. The third-order valence-corrected chi connectivity index (χ3v) is 4.61. The number of fused-ring (bicyclic) bond motifs is 1. The van der Waals surface area contributed by atoms with Gasteiger partial charge in [-0.05, 0) is 57.7 Å². The summed E-state index contributed by atoms with van der Waals surface area (Å²) >= 11 is 0. The number of nitrogens with zero attached hydrogens (tertiary/aromatic N) is 4. The van der Waals surface area contributed by atoms with E-state index in [0.717, 1.165) is 48.7 Å². The van der Waals surface area contributed by atoms with E-state index >= 15 is 0 Å². The molecule has 1 aromatic rings. The summed E-state index contributed by atoms with van der Waals surface area (Å²) in [7, 11) is 4.00. The van der Waals surface area contributed by atoms with Crippen LogP contribution in [0.1, 0.15) is 44.1 Å². The number of rotatable bonds is 4. The first-order valence-electron chi connectivity index (χ1n) is 9.24. The molecule has 3 rings (SSSR count). The Morgan fingerprint density at radius 2 is 2.12 bits per heavy atom. The predicted molar refractivity (Wildman–Crippen MR) is 106 cm³/mol. The number of aliphatic imine (C=N–C) groups is 1.